The highest BCUT2D eigenvalue weighted by Gasteiger charge is 2.03. The van der Waals surface area contributed by atoms with Crippen LogP contribution in [0.1, 0.15) is 90.3 Å². The molecule has 1 atom stereocenters. The molecule has 0 fully saturated rings. The Labute approximate surface area is 125 Å². The Balaban J connectivity index is 1.83. The summed E-state index contributed by atoms with van der Waals surface area (Å²) in [5.74, 6) is 1.98. The molecule has 1 rings (SSSR count). The van der Waals surface area contributed by atoms with Crippen molar-refractivity contribution in [3.8, 4) is 0 Å². The first kappa shape index (κ1) is 17.3. The summed E-state index contributed by atoms with van der Waals surface area (Å²) < 4.78 is 0. The van der Waals surface area contributed by atoms with Gasteiger partial charge in [-0.25, -0.2) is 4.98 Å². The highest BCUT2D eigenvalue weighted by molar-refractivity contribution is 4.86. The fraction of sp³-hybridized carbons (Fsp3) is 0.833. The van der Waals surface area contributed by atoms with Crippen LogP contribution in [0.15, 0.2) is 12.4 Å². The molecule has 0 radical (unpaired) electrons. The number of aryl methyl sites for hydroxylation is 1. The van der Waals surface area contributed by atoms with Crippen LogP contribution in [0.2, 0.25) is 0 Å². The third-order valence-electron chi connectivity index (χ3n) is 4.23. The van der Waals surface area contributed by atoms with Gasteiger partial charge in [0.05, 0.1) is 0 Å². The molecular weight excluding hydrogens is 244 g/mol. The van der Waals surface area contributed by atoms with Crippen molar-refractivity contribution >= 4 is 0 Å². The number of H-pyrrole nitrogens is 1. The van der Waals surface area contributed by atoms with Crippen molar-refractivity contribution < 1.29 is 0 Å². The predicted octanol–water partition coefficient (Wildman–Crippen LogP) is 5.90. The number of hydrogen-bond donors (Lipinski definition) is 1. The van der Waals surface area contributed by atoms with Gasteiger partial charge in [0.1, 0.15) is 5.82 Å². The van der Waals surface area contributed by atoms with E-state index in [2.05, 4.69) is 23.8 Å². The molecule has 1 heterocycles. The van der Waals surface area contributed by atoms with E-state index in [1.807, 2.05) is 12.4 Å². The first-order valence-corrected chi connectivity index (χ1v) is 8.81. The van der Waals surface area contributed by atoms with Gasteiger partial charge in [-0.1, -0.05) is 78.1 Å². The molecule has 1 aromatic heterocycles. The van der Waals surface area contributed by atoms with Gasteiger partial charge in [-0.2, -0.15) is 0 Å². The van der Waals surface area contributed by atoms with Gasteiger partial charge < -0.3 is 4.98 Å². The summed E-state index contributed by atoms with van der Waals surface area (Å²) >= 11 is 0. The molecular formula is C18H34N2. The second-order valence-electron chi connectivity index (χ2n) is 6.30. The summed E-state index contributed by atoms with van der Waals surface area (Å²) in [5, 5.41) is 0. The largest absolute Gasteiger partial charge is 0.349 e. The van der Waals surface area contributed by atoms with Crippen molar-refractivity contribution in [3.63, 3.8) is 0 Å². The van der Waals surface area contributed by atoms with Gasteiger partial charge in [0.15, 0.2) is 0 Å². The number of rotatable bonds is 13. The van der Waals surface area contributed by atoms with Crippen molar-refractivity contribution in [2.24, 2.45) is 5.92 Å². The molecule has 0 aromatic carbocycles. The second kappa shape index (κ2) is 12.0. The van der Waals surface area contributed by atoms with Crippen LogP contribution in [0, 0.1) is 5.92 Å². The van der Waals surface area contributed by atoms with Crippen molar-refractivity contribution in [2.45, 2.75) is 90.9 Å². The van der Waals surface area contributed by atoms with Gasteiger partial charge in [0.25, 0.3) is 0 Å². The van der Waals surface area contributed by atoms with Crippen LogP contribution in [0.4, 0.5) is 0 Å². The minimum absolute atomic E-state index is 0.838. The van der Waals surface area contributed by atoms with Crippen LogP contribution in [0.3, 0.4) is 0 Å². The molecule has 0 saturated heterocycles. The Bertz CT molecular complexity index is 292. The van der Waals surface area contributed by atoms with Crippen LogP contribution in [0.5, 0.6) is 0 Å². The maximum Gasteiger partial charge on any atom is 0.106 e. The van der Waals surface area contributed by atoms with Crippen LogP contribution >= 0.6 is 0 Å². The number of aromatic nitrogens is 2. The Morgan fingerprint density at radius 1 is 0.950 bits per heavy atom. The van der Waals surface area contributed by atoms with E-state index in [4.69, 9.17) is 0 Å². The minimum Gasteiger partial charge on any atom is -0.349 e. The number of hydrogen-bond acceptors (Lipinski definition) is 1. The Morgan fingerprint density at radius 3 is 2.20 bits per heavy atom. The summed E-state index contributed by atoms with van der Waals surface area (Å²) in [6.07, 6.45) is 20.4. The van der Waals surface area contributed by atoms with E-state index in [0.29, 0.717) is 0 Å². The number of unbranched alkanes of at least 4 members (excludes halogenated alkanes) is 8. The normalized spacial score (nSPS) is 12.7. The molecule has 0 aliphatic carbocycles. The fourth-order valence-electron chi connectivity index (χ4n) is 2.77. The molecule has 0 aliphatic heterocycles. The molecule has 0 amide bonds. The summed E-state index contributed by atoms with van der Waals surface area (Å²) in [4.78, 5) is 7.47. The minimum atomic E-state index is 0.838. The fourth-order valence-corrected chi connectivity index (χ4v) is 2.77. The molecule has 0 spiro atoms. The number of imidazole rings is 1. The maximum absolute atomic E-state index is 4.28. The SMILES string of the molecule is CCCCCCCCCCCC(C)CCc1ncc[nH]1. The second-order valence-corrected chi connectivity index (χ2v) is 6.30. The topological polar surface area (TPSA) is 28.7 Å². The Morgan fingerprint density at radius 2 is 1.60 bits per heavy atom. The van der Waals surface area contributed by atoms with Crippen LogP contribution < -0.4 is 0 Å². The molecule has 0 saturated carbocycles. The average Bonchev–Trinajstić information content (AvgIpc) is 2.96. The number of aromatic amines is 1. The van der Waals surface area contributed by atoms with Crippen molar-refractivity contribution in [2.75, 3.05) is 0 Å². The van der Waals surface area contributed by atoms with Crippen LogP contribution in [-0.2, 0) is 6.42 Å². The van der Waals surface area contributed by atoms with Gasteiger partial charge in [-0.05, 0) is 12.3 Å². The molecule has 0 bridgehead atoms. The van der Waals surface area contributed by atoms with Crippen LogP contribution in [0.25, 0.3) is 0 Å². The zero-order valence-corrected chi connectivity index (χ0v) is 13.7. The summed E-state index contributed by atoms with van der Waals surface area (Å²) in [6.45, 7) is 4.67. The molecule has 1 N–H and O–H groups in total. The summed E-state index contributed by atoms with van der Waals surface area (Å²) in [5.41, 5.74) is 0. The molecule has 1 aromatic rings. The van der Waals surface area contributed by atoms with Gasteiger partial charge >= 0.3 is 0 Å². The summed E-state index contributed by atoms with van der Waals surface area (Å²) in [7, 11) is 0. The van der Waals surface area contributed by atoms with E-state index in [1.165, 1.54) is 70.6 Å². The highest BCUT2D eigenvalue weighted by Crippen LogP contribution is 2.16. The van der Waals surface area contributed by atoms with E-state index >= 15 is 0 Å². The smallest absolute Gasteiger partial charge is 0.106 e. The van der Waals surface area contributed by atoms with Crippen LogP contribution in [-0.4, -0.2) is 9.97 Å². The van der Waals surface area contributed by atoms with E-state index < -0.39 is 0 Å². The lowest BCUT2D eigenvalue weighted by Gasteiger charge is -2.10. The maximum atomic E-state index is 4.28. The van der Waals surface area contributed by atoms with E-state index in [1.54, 1.807) is 0 Å². The lowest BCUT2D eigenvalue weighted by atomic mass is 9.97. The zero-order valence-electron chi connectivity index (χ0n) is 13.7. The van der Waals surface area contributed by atoms with E-state index in [0.717, 1.165) is 18.2 Å². The Hall–Kier alpha value is -0.790. The monoisotopic (exact) mass is 278 g/mol. The van der Waals surface area contributed by atoms with E-state index in [9.17, 15) is 0 Å². The zero-order chi connectivity index (χ0) is 14.5. The van der Waals surface area contributed by atoms with E-state index in [-0.39, 0.29) is 0 Å². The molecule has 20 heavy (non-hydrogen) atoms. The van der Waals surface area contributed by atoms with Gasteiger partial charge in [0, 0.05) is 18.8 Å². The molecule has 1 unspecified atom stereocenters. The van der Waals surface area contributed by atoms with Gasteiger partial charge in [-0.15, -0.1) is 0 Å². The molecule has 0 aliphatic rings. The van der Waals surface area contributed by atoms with Crippen molar-refractivity contribution in [1.29, 1.82) is 0 Å². The van der Waals surface area contributed by atoms with Crippen molar-refractivity contribution in [3.05, 3.63) is 18.2 Å². The third-order valence-corrected chi connectivity index (χ3v) is 4.23. The average molecular weight is 278 g/mol. The lowest BCUT2D eigenvalue weighted by Crippen LogP contribution is -1.99. The van der Waals surface area contributed by atoms with Crippen molar-refractivity contribution in [1.82, 2.24) is 9.97 Å². The number of nitrogens with zero attached hydrogens (tertiary/aromatic N) is 1. The Kier molecular flexibility index (Phi) is 10.3. The van der Waals surface area contributed by atoms with Gasteiger partial charge in [-0.3, -0.25) is 0 Å². The molecule has 2 heteroatoms. The third kappa shape index (κ3) is 9.17. The number of nitrogens with one attached hydrogen (secondary N) is 1. The van der Waals surface area contributed by atoms with Gasteiger partial charge in [0.2, 0.25) is 0 Å². The lowest BCUT2D eigenvalue weighted by molar-refractivity contribution is 0.451. The molecule has 2 nitrogen and oxygen atoms in total. The standard InChI is InChI=1S/C18H34N2/c1-3-4-5-6-7-8-9-10-11-12-17(2)13-14-18-19-15-16-20-18/h15-17H,3-14H2,1-2H3,(H,19,20). The predicted molar refractivity (Wildman–Crippen MR) is 87.9 cm³/mol. The molecule has 116 valence electrons. The first-order valence-electron chi connectivity index (χ1n) is 8.81. The quantitative estimate of drug-likeness (QED) is 0.447. The summed E-state index contributed by atoms with van der Waals surface area (Å²) in [6, 6.07) is 0. The highest BCUT2D eigenvalue weighted by atomic mass is 14.9. The first-order chi connectivity index (χ1) is 9.83.